The van der Waals surface area contributed by atoms with Crippen LogP contribution in [0.5, 0.6) is 0 Å². The fourth-order valence-corrected chi connectivity index (χ4v) is 3.68. The van der Waals surface area contributed by atoms with Crippen molar-refractivity contribution < 1.29 is 22.5 Å². The van der Waals surface area contributed by atoms with Crippen LogP contribution in [-0.2, 0) is 6.18 Å². The molecule has 2 aromatic carbocycles. The summed E-state index contributed by atoms with van der Waals surface area (Å²) in [4.78, 5) is 18.9. The molecule has 1 fully saturated rings. The van der Waals surface area contributed by atoms with Crippen LogP contribution in [0.3, 0.4) is 0 Å². The van der Waals surface area contributed by atoms with Crippen molar-refractivity contribution in [2.45, 2.75) is 31.9 Å². The maximum absolute atomic E-state index is 13.0. The van der Waals surface area contributed by atoms with E-state index in [9.17, 15) is 18.0 Å². The fourth-order valence-electron chi connectivity index (χ4n) is 3.68. The van der Waals surface area contributed by atoms with Crippen LogP contribution in [0, 0.1) is 6.92 Å². The largest absolute Gasteiger partial charge is 0.416 e. The highest BCUT2D eigenvalue weighted by atomic mass is 19.4. The number of aryl methyl sites for hydroxylation is 1. The van der Waals surface area contributed by atoms with Gasteiger partial charge in [0, 0.05) is 24.2 Å². The average molecular weight is 415 g/mol. The van der Waals surface area contributed by atoms with E-state index < -0.39 is 17.6 Å². The van der Waals surface area contributed by atoms with Gasteiger partial charge >= 0.3 is 6.18 Å². The van der Waals surface area contributed by atoms with Crippen LogP contribution in [0.2, 0.25) is 0 Å². The first-order chi connectivity index (χ1) is 14.3. The van der Waals surface area contributed by atoms with Gasteiger partial charge in [-0.05, 0) is 44.0 Å². The molecule has 0 spiro atoms. The summed E-state index contributed by atoms with van der Waals surface area (Å²) < 4.78 is 44.4. The number of benzene rings is 2. The predicted octanol–water partition coefficient (Wildman–Crippen LogP) is 5.08. The van der Waals surface area contributed by atoms with Gasteiger partial charge in [-0.15, -0.1) is 0 Å². The molecule has 1 aliphatic rings. The first kappa shape index (κ1) is 20.1. The van der Waals surface area contributed by atoms with Crippen molar-refractivity contribution in [1.29, 1.82) is 0 Å². The van der Waals surface area contributed by atoms with Crippen molar-refractivity contribution >= 4 is 5.91 Å². The molecule has 30 heavy (non-hydrogen) atoms. The van der Waals surface area contributed by atoms with Crippen LogP contribution in [-0.4, -0.2) is 34.0 Å². The summed E-state index contributed by atoms with van der Waals surface area (Å²) in [5.41, 5.74) is 1.12. The summed E-state index contributed by atoms with van der Waals surface area (Å²) >= 11 is 0. The van der Waals surface area contributed by atoms with Gasteiger partial charge in [0.2, 0.25) is 11.7 Å². The van der Waals surface area contributed by atoms with Crippen LogP contribution in [0.25, 0.3) is 11.4 Å². The second kappa shape index (κ2) is 7.93. The molecule has 5 nitrogen and oxygen atoms in total. The molecule has 0 bridgehead atoms. The molecular weight excluding hydrogens is 395 g/mol. The van der Waals surface area contributed by atoms with Crippen molar-refractivity contribution in [3.63, 3.8) is 0 Å². The Hall–Kier alpha value is -3.16. The lowest BCUT2D eigenvalue weighted by Crippen LogP contribution is -2.39. The molecule has 1 atom stereocenters. The van der Waals surface area contributed by atoms with Gasteiger partial charge in [0.05, 0.1) is 11.5 Å². The number of halogens is 3. The van der Waals surface area contributed by atoms with Crippen LogP contribution >= 0.6 is 0 Å². The van der Waals surface area contributed by atoms with Gasteiger partial charge < -0.3 is 9.42 Å². The lowest BCUT2D eigenvalue weighted by Gasteiger charge is -2.31. The topological polar surface area (TPSA) is 59.2 Å². The maximum atomic E-state index is 13.0. The van der Waals surface area contributed by atoms with Crippen LogP contribution in [0.1, 0.15) is 46.1 Å². The van der Waals surface area contributed by atoms with E-state index in [-0.39, 0.29) is 11.5 Å². The minimum Gasteiger partial charge on any atom is -0.339 e. The van der Waals surface area contributed by atoms with E-state index >= 15 is 0 Å². The molecule has 0 aliphatic carbocycles. The fraction of sp³-hybridized carbons (Fsp3) is 0.318. The third kappa shape index (κ3) is 4.22. The van der Waals surface area contributed by atoms with E-state index in [1.165, 1.54) is 12.1 Å². The highest BCUT2D eigenvalue weighted by molar-refractivity contribution is 5.94. The number of likely N-dealkylation sites (tertiary alicyclic amines) is 1. The Morgan fingerprint density at radius 3 is 2.73 bits per heavy atom. The molecule has 1 unspecified atom stereocenters. The molecule has 0 saturated carbocycles. The number of nitrogens with zero attached hydrogens (tertiary/aromatic N) is 3. The van der Waals surface area contributed by atoms with Crippen LogP contribution in [0.4, 0.5) is 13.2 Å². The smallest absolute Gasteiger partial charge is 0.339 e. The normalized spacial score (nSPS) is 17.2. The number of carbonyl (C=O) groups is 1. The number of hydrogen-bond acceptors (Lipinski definition) is 4. The van der Waals surface area contributed by atoms with Gasteiger partial charge in [-0.2, -0.15) is 18.2 Å². The average Bonchev–Trinajstić information content (AvgIpc) is 3.23. The SMILES string of the molecule is Cc1cccc(-c2noc(C3CCCN(C(=O)c4cccc(C(F)(F)F)c4)C3)n2)c1. The number of amides is 1. The Labute approximate surface area is 171 Å². The summed E-state index contributed by atoms with van der Waals surface area (Å²) in [6.07, 6.45) is -3.02. The lowest BCUT2D eigenvalue weighted by molar-refractivity contribution is -0.137. The monoisotopic (exact) mass is 415 g/mol. The van der Waals surface area contributed by atoms with Crippen molar-refractivity contribution in [3.8, 4) is 11.4 Å². The Kier molecular flexibility index (Phi) is 5.32. The van der Waals surface area contributed by atoms with E-state index in [4.69, 9.17) is 4.52 Å². The van der Waals surface area contributed by atoms with Crippen molar-refractivity contribution in [2.75, 3.05) is 13.1 Å². The molecule has 1 aromatic heterocycles. The van der Waals surface area contributed by atoms with Gasteiger partial charge in [0.15, 0.2) is 0 Å². The molecule has 2 heterocycles. The molecule has 1 aliphatic heterocycles. The van der Waals surface area contributed by atoms with Gasteiger partial charge in [0.1, 0.15) is 0 Å². The Morgan fingerprint density at radius 1 is 1.17 bits per heavy atom. The molecular formula is C22H20F3N3O2. The van der Waals surface area contributed by atoms with Crippen LogP contribution < -0.4 is 0 Å². The zero-order chi connectivity index (χ0) is 21.3. The van der Waals surface area contributed by atoms with E-state index in [1.54, 1.807) is 4.90 Å². The van der Waals surface area contributed by atoms with E-state index in [0.717, 1.165) is 29.7 Å². The number of rotatable bonds is 3. The van der Waals surface area contributed by atoms with Crippen molar-refractivity contribution in [1.82, 2.24) is 15.0 Å². The van der Waals surface area contributed by atoms with Gasteiger partial charge in [-0.3, -0.25) is 4.79 Å². The van der Waals surface area contributed by atoms with Crippen LogP contribution in [0.15, 0.2) is 53.1 Å². The Balaban J connectivity index is 1.51. The predicted molar refractivity (Wildman–Crippen MR) is 104 cm³/mol. The summed E-state index contributed by atoms with van der Waals surface area (Å²) in [5.74, 6) is 0.340. The van der Waals surface area contributed by atoms with Gasteiger partial charge in [0.25, 0.3) is 5.91 Å². The summed E-state index contributed by atoms with van der Waals surface area (Å²) in [6, 6.07) is 12.3. The second-order valence-electron chi connectivity index (χ2n) is 7.49. The third-order valence-corrected chi connectivity index (χ3v) is 5.21. The number of hydrogen-bond donors (Lipinski definition) is 0. The second-order valence-corrected chi connectivity index (χ2v) is 7.49. The molecule has 8 heteroatoms. The maximum Gasteiger partial charge on any atom is 0.416 e. The van der Waals surface area contributed by atoms with Gasteiger partial charge in [-0.25, -0.2) is 0 Å². The van der Waals surface area contributed by atoms with E-state index in [0.29, 0.717) is 31.2 Å². The Morgan fingerprint density at radius 2 is 1.97 bits per heavy atom. The highest BCUT2D eigenvalue weighted by Crippen LogP contribution is 2.31. The zero-order valence-electron chi connectivity index (χ0n) is 16.3. The van der Waals surface area contributed by atoms with E-state index in [2.05, 4.69) is 10.1 Å². The molecule has 156 valence electrons. The standard InChI is InChI=1S/C22H20F3N3O2/c1-14-5-2-6-15(11-14)19-26-20(30-27-19)17-8-4-10-28(13-17)21(29)16-7-3-9-18(12-16)22(23,24)25/h2-3,5-7,9,11-12,17H,4,8,10,13H2,1H3. The third-order valence-electron chi connectivity index (χ3n) is 5.21. The minimum absolute atomic E-state index is 0.0245. The molecule has 0 radical (unpaired) electrons. The lowest BCUT2D eigenvalue weighted by atomic mass is 9.97. The summed E-state index contributed by atoms with van der Waals surface area (Å²) in [6.45, 7) is 2.78. The zero-order valence-corrected chi connectivity index (χ0v) is 16.3. The highest BCUT2D eigenvalue weighted by Gasteiger charge is 2.33. The van der Waals surface area contributed by atoms with Crippen molar-refractivity contribution in [2.24, 2.45) is 0 Å². The van der Waals surface area contributed by atoms with Gasteiger partial charge in [-0.1, -0.05) is 35.0 Å². The number of carbonyl (C=O) groups excluding carboxylic acids is 1. The van der Waals surface area contributed by atoms with E-state index in [1.807, 2.05) is 31.2 Å². The molecule has 3 aromatic rings. The summed E-state index contributed by atoms with van der Waals surface area (Å²) in [5, 5.41) is 4.05. The molecule has 1 saturated heterocycles. The first-order valence-electron chi connectivity index (χ1n) is 9.68. The molecule has 1 amide bonds. The minimum atomic E-state index is -4.49. The summed E-state index contributed by atoms with van der Waals surface area (Å²) in [7, 11) is 0. The molecule has 0 N–H and O–H groups in total. The quantitative estimate of drug-likeness (QED) is 0.598. The number of alkyl halides is 3. The number of piperidine rings is 1. The first-order valence-corrected chi connectivity index (χ1v) is 9.68. The van der Waals surface area contributed by atoms with Crippen molar-refractivity contribution in [3.05, 3.63) is 71.1 Å². The Bertz CT molecular complexity index is 1060. The molecule has 4 rings (SSSR count). The number of aromatic nitrogens is 2.